The molecule has 2 aromatic rings. The lowest BCUT2D eigenvalue weighted by atomic mass is 10.2. The van der Waals surface area contributed by atoms with E-state index in [1.807, 2.05) is 45.9 Å². The number of hydrogen-bond acceptors (Lipinski definition) is 2. The van der Waals surface area contributed by atoms with Crippen LogP contribution in [0, 0.1) is 5.92 Å². The second-order valence-corrected chi connectivity index (χ2v) is 5.76. The molecule has 0 aliphatic heterocycles. The van der Waals surface area contributed by atoms with E-state index in [4.69, 9.17) is 0 Å². The quantitative estimate of drug-likeness (QED) is 0.809. The number of aromatic nitrogens is 1. The van der Waals surface area contributed by atoms with Crippen molar-refractivity contribution in [2.24, 2.45) is 5.92 Å². The van der Waals surface area contributed by atoms with Crippen molar-refractivity contribution in [1.29, 1.82) is 0 Å². The van der Waals surface area contributed by atoms with E-state index >= 15 is 0 Å². The van der Waals surface area contributed by atoms with E-state index in [0.29, 0.717) is 5.69 Å². The van der Waals surface area contributed by atoms with Gasteiger partial charge >= 0.3 is 0 Å². The molecule has 112 valence electrons. The standard InChI is InChI=1S/C16H21N3O2/c1-9(2)15(20)18-12-5-6-13-11(7-12)8-14(19-13)16(21)17-10(3)4/h5-10,19H,1-4H3,(H,17,21)(H,18,20). The van der Waals surface area contributed by atoms with Crippen molar-refractivity contribution in [2.75, 3.05) is 5.32 Å². The van der Waals surface area contributed by atoms with Crippen molar-refractivity contribution in [3.05, 3.63) is 30.0 Å². The van der Waals surface area contributed by atoms with E-state index in [2.05, 4.69) is 15.6 Å². The Balaban J connectivity index is 2.24. The van der Waals surface area contributed by atoms with Gasteiger partial charge in [-0.15, -0.1) is 0 Å². The number of aromatic amines is 1. The predicted octanol–water partition coefficient (Wildman–Crippen LogP) is 2.90. The van der Waals surface area contributed by atoms with Gasteiger partial charge in [0.2, 0.25) is 5.91 Å². The summed E-state index contributed by atoms with van der Waals surface area (Å²) in [6.45, 7) is 7.53. The van der Waals surface area contributed by atoms with E-state index in [0.717, 1.165) is 16.6 Å². The highest BCUT2D eigenvalue weighted by Crippen LogP contribution is 2.20. The summed E-state index contributed by atoms with van der Waals surface area (Å²) < 4.78 is 0. The first-order valence-corrected chi connectivity index (χ1v) is 7.11. The van der Waals surface area contributed by atoms with Crippen LogP contribution in [0.2, 0.25) is 0 Å². The van der Waals surface area contributed by atoms with Crippen molar-refractivity contribution >= 4 is 28.4 Å². The Bertz CT molecular complexity index is 671. The number of fused-ring (bicyclic) bond motifs is 1. The van der Waals surface area contributed by atoms with Crippen molar-refractivity contribution in [3.8, 4) is 0 Å². The Labute approximate surface area is 124 Å². The molecule has 5 heteroatoms. The highest BCUT2D eigenvalue weighted by molar-refractivity contribution is 6.00. The van der Waals surface area contributed by atoms with Crippen LogP contribution < -0.4 is 10.6 Å². The zero-order valence-corrected chi connectivity index (χ0v) is 12.8. The predicted molar refractivity (Wildman–Crippen MR) is 84.4 cm³/mol. The lowest BCUT2D eigenvalue weighted by molar-refractivity contribution is -0.118. The molecule has 0 aliphatic carbocycles. The molecule has 21 heavy (non-hydrogen) atoms. The molecule has 0 saturated heterocycles. The molecule has 3 N–H and O–H groups in total. The average Bonchev–Trinajstić information content (AvgIpc) is 2.80. The van der Waals surface area contributed by atoms with Crippen LogP contribution in [0.3, 0.4) is 0 Å². The molecule has 0 radical (unpaired) electrons. The molecule has 0 saturated carbocycles. The summed E-state index contributed by atoms with van der Waals surface area (Å²) in [5, 5.41) is 6.59. The van der Waals surface area contributed by atoms with Gasteiger partial charge in [-0.05, 0) is 38.1 Å². The number of rotatable bonds is 4. The van der Waals surface area contributed by atoms with Crippen LogP contribution in [0.4, 0.5) is 5.69 Å². The largest absolute Gasteiger partial charge is 0.351 e. The summed E-state index contributed by atoms with van der Waals surface area (Å²) in [4.78, 5) is 26.7. The number of carbonyl (C=O) groups excluding carboxylic acids is 2. The van der Waals surface area contributed by atoms with Crippen LogP contribution in [0.5, 0.6) is 0 Å². The van der Waals surface area contributed by atoms with Gasteiger partial charge in [0.05, 0.1) is 0 Å². The Kier molecular flexibility index (Phi) is 4.31. The third-order valence-electron chi connectivity index (χ3n) is 3.08. The molecule has 1 aromatic carbocycles. The van der Waals surface area contributed by atoms with Gasteiger partial charge in [0.1, 0.15) is 5.69 Å². The number of benzene rings is 1. The van der Waals surface area contributed by atoms with Crippen LogP contribution in [-0.4, -0.2) is 22.8 Å². The zero-order chi connectivity index (χ0) is 15.6. The van der Waals surface area contributed by atoms with Gasteiger partial charge in [0.15, 0.2) is 0 Å². The van der Waals surface area contributed by atoms with Crippen molar-refractivity contribution in [1.82, 2.24) is 10.3 Å². The fourth-order valence-electron chi connectivity index (χ4n) is 1.96. The highest BCUT2D eigenvalue weighted by Gasteiger charge is 2.12. The summed E-state index contributed by atoms with van der Waals surface area (Å²) in [7, 11) is 0. The van der Waals surface area contributed by atoms with Crippen LogP contribution in [0.1, 0.15) is 38.2 Å². The normalized spacial score (nSPS) is 11.1. The summed E-state index contributed by atoms with van der Waals surface area (Å²) in [6, 6.07) is 7.42. The fourth-order valence-corrected chi connectivity index (χ4v) is 1.96. The molecule has 0 aliphatic rings. The monoisotopic (exact) mass is 287 g/mol. The number of carbonyl (C=O) groups is 2. The van der Waals surface area contributed by atoms with E-state index in [-0.39, 0.29) is 23.8 Å². The van der Waals surface area contributed by atoms with Gasteiger partial charge in [-0.1, -0.05) is 13.8 Å². The molecule has 1 heterocycles. The second-order valence-electron chi connectivity index (χ2n) is 5.76. The molecule has 1 aromatic heterocycles. The molecular weight excluding hydrogens is 266 g/mol. The number of nitrogens with one attached hydrogen (secondary N) is 3. The first-order valence-electron chi connectivity index (χ1n) is 7.11. The van der Waals surface area contributed by atoms with Crippen molar-refractivity contribution in [2.45, 2.75) is 33.7 Å². The Morgan fingerprint density at radius 1 is 1.10 bits per heavy atom. The number of amides is 2. The topological polar surface area (TPSA) is 74.0 Å². The maximum Gasteiger partial charge on any atom is 0.267 e. The number of H-pyrrole nitrogens is 1. The maximum atomic E-state index is 12.0. The minimum atomic E-state index is -0.131. The maximum absolute atomic E-state index is 12.0. The van der Waals surface area contributed by atoms with Gasteiger partial charge in [-0.3, -0.25) is 9.59 Å². The Morgan fingerprint density at radius 3 is 2.43 bits per heavy atom. The number of anilines is 1. The summed E-state index contributed by atoms with van der Waals surface area (Å²) >= 11 is 0. The highest BCUT2D eigenvalue weighted by atomic mass is 16.2. The summed E-state index contributed by atoms with van der Waals surface area (Å²) in [5.41, 5.74) is 2.12. The summed E-state index contributed by atoms with van der Waals surface area (Å²) in [6.07, 6.45) is 0. The third-order valence-corrected chi connectivity index (χ3v) is 3.08. The van der Waals surface area contributed by atoms with Crippen LogP contribution in [0.25, 0.3) is 10.9 Å². The van der Waals surface area contributed by atoms with E-state index in [1.165, 1.54) is 0 Å². The first-order chi connectivity index (χ1) is 9.86. The van der Waals surface area contributed by atoms with Gasteiger partial charge in [-0.2, -0.15) is 0 Å². The van der Waals surface area contributed by atoms with Gasteiger partial charge in [0, 0.05) is 28.6 Å². The van der Waals surface area contributed by atoms with E-state index < -0.39 is 0 Å². The molecule has 0 unspecified atom stereocenters. The van der Waals surface area contributed by atoms with Crippen LogP contribution in [-0.2, 0) is 4.79 Å². The molecule has 0 fully saturated rings. The third kappa shape index (κ3) is 3.62. The van der Waals surface area contributed by atoms with E-state index in [1.54, 1.807) is 6.07 Å². The Hall–Kier alpha value is -2.30. The minimum absolute atomic E-state index is 0.0253. The van der Waals surface area contributed by atoms with Crippen molar-refractivity contribution < 1.29 is 9.59 Å². The smallest absolute Gasteiger partial charge is 0.267 e. The average molecular weight is 287 g/mol. The molecule has 0 bridgehead atoms. The second kappa shape index (κ2) is 5.99. The molecular formula is C16H21N3O2. The molecule has 2 amide bonds. The van der Waals surface area contributed by atoms with Gasteiger partial charge in [0.25, 0.3) is 5.91 Å². The fraction of sp³-hybridized carbons (Fsp3) is 0.375. The molecule has 0 atom stereocenters. The first kappa shape index (κ1) is 15.1. The minimum Gasteiger partial charge on any atom is -0.351 e. The molecule has 2 rings (SSSR count). The van der Waals surface area contributed by atoms with Crippen LogP contribution in [0.15, 0.2) is 24.3 Å². The lowest BCUT2D eigenvalue weighted by Gasteiger charge is -2.07. The SMILES string of the molecule is CC(C)NC(=O)c1cc2cc(NC(=O)C(C)C)ccc2[nH]1. The Morgan fingerprint density at radius 2 is 1.81 bits per heavy atom. The van der Waals surface area contributed by atoms with E-state index in [9.17, 15) is 9.59 Å². The molecule has 5 nitrogen and oxygen atoms in total. The summed E-state index contributed by atoms with van der Waals surface area (Å²) in [5.74, 6) is -0.226. The lowest BCUT2D eigenvalue weighted by Crippen LogP contribution is -2.30. The van der Waals surface area contributed by atoms with Crippen LogP contribution >= 0.6 is 0 Å². The number of hydrogen-bond donors (Lipinski definition) is 3. The van der Waals surface area contributed by atoms with Gasteiger partial charge < -0.3 is 15.6 Å². The van der Waals surface area contributed by atoms with Crippen molar-refractivity contribution in [3.63, 3.8) is 0 Å². The zero-order valence-electron chi connectivity index (χ0n) is 12.8. The molecule has 0 spiro atoms. The van der Waals surface area contributed by atoms with Gasteiger partial charge in [-0.25, -0.2) is 0 Å².